The minimum absolute atomic E-state index is 0.0426. The van der Waals surface area contributed by atoms with Gasteiger partial charge < -0.3 is 9.88 Å². The van der Waals surface area contributed by atoms with Crippen LogP contribution in [0, 0.1) is 11.2 Å². The molecule has 2 unspecified atom stereocenters. The monoisotopic (exact) mass is 289 g/mol. The highest BCUT2D eigenvalue weighted by atomic mass is 19.1. The number of hydrogen-bond donors (Lipinski definition) is 1. The van der Waals surface area contributed by atoms with E-state index >= 15 is 0 Å². The van der Waals surface area contributed by atoms with Gasteiger partial charge in [-0.15, -0.1) is 0 Å². The molecule has 4 heteroatoms. The van der Waals surface area contributed by atoms with Crippen molar-refractivity contribution in [3.63, 3.8) is 0 Å². The van der Waals surface area contributed by atoms with Gasteiger partial charge in [-0.05, 0) is 18.4 Å². The van der Waals surface area contributed by atoms with Crippen LogP contribution in [-0.2, 0) is 6.54 Å². The number of rotatable bonds is 5. The Morgan fingerprint density at radius 3 is 2.57 bits per heavy atom. The fourth-order valence-electron chi connectivity index (χ4n) is 2.40. The zero-order valence-electron chi connectivity index (χ0n) is 13.2. The molecule has 0 fully saturated rings. The molecule has 0 aliphatic rings. The normalized spacial score (nSPS) is 14.9. The molecular formula is C17H24FN3. The maximum Gasteiger partial charge on any atom is 0.127 e. The number of nitrogens with zero attached hydrogens (tertiary/aromatic N) is 2. The van der Waals surface area contributed by atoms with Crippen molar-refractivity contribution in [1.82, 2.24) is 14.9 Å². The Balaban J connectivity index is 2.13. The van der Waals surface area contributed by atoms with Crippen molar-refractivity contribution in [2.24, 2.45) is 5.41 Å². The minimum Gasteiger partial charge on any atom is -0.336 e. The van der Waals surface area contributed by atoms with E-state index in [1.165, 1.54) is 6.07 Å². The summed E-state index contributed by atoms with van der Waals surface area (Å²) in [4.78, 5) is 4.08. The van der Waals surface area contributed by atoms with Crippen molar-refractivity contribution in [3.05, 3.63) is 54.4 Å². The zero-order chi connectivity index (χ0) is 15.5. The first-order valence-corrected chi connectivity index (χ1v) is 7.34. The highest BCUT2D eigenvalue weighted by molar-refractivity contribution is 5.20. The lowest BCUT2D eigenvalue weighted by molar-refractivity contribution is 0.224. The van der Waals surface area contributed by atoms with Gasteiger partial charge in [-0.25, -0.2) is 9.37 Å². The lowest BCUT2D eigenvalue weighted by Crippen LogP contribution is -2.44. The Kier molecular flexibility index (Phi) is 4.78. The van der Waals surface area contributed by atoms with Crippen molar-refractivity contribution in [1.29, 1.82) is 0 Å². The molecule has 1 heterocycles. The summed E-state index contributed by atoms with van der Waals surface area (Å²) in [6.07, 6.45) is 5.54. The fourth-order valence-corrected chi connectivity index (χ4v) is 2.40. The second kappa shape index (κ2) is 6.39. The van der Waals surface area contributed by atoms with E-state index < -0.39 is 0 Å². The molecule has 1 aromatic heterocycles. The van der Waals surface area contributed by atoms with Gasteiger partial charge in [-0.3, -0.25) is 0 Å². The molecule has 0 aliphatic heterocycles. The predicted octanol–water partition coefficient (Wildman–Crippen LogP) is 3.79. The molecule has 0 saturated heterocycles. The van der Waals surface area contributed by atoms with E-state index in [-0.39, 0.29) is 23.3 Å². The molecule has 1 N–H and O–H groups in total. The fraction of sp³-hybridized carbons (Fsp3) is 0.471. The molecule has 21 heavy (non-hydrogen) atoms. The molecular weight excluding hydrogens is 265 g/mol. The summed E-state index contributed by atoms with van der Waals surface area (Å²) < 4.78 is 16.0. The summed E-state index contributed by atoms with van der Waals surface area (Å²) in [5.41, 5.74) is 0.765. The molecule has 0 amide bonds. The highest BCUT2D eigenvalue weighted by Crippen LogP contribution is 2.25. The molecule has 0 aliphatic carbocycles. The molecule has 0 saturated carbocycles. The number of nitrogens with one attached hydrogen (secondary N) is 1. The molecule has 3 nitrogen and oxygen atoms in total. The van der Waals surface area contributed by atoms with Crippen molar-refractivity contribution in [2.45, 2.75) is 46.3 Å². The quantitative estimate of drug-likeness (QED) is 0.907. The summed E-state index contributed by atoms with van der Waals surface area (Å²) >= 11 is 0. The van der Waals surface area contributed by atoms with Crippen LogP contribution in [0.5, 0.6) is 0 Å². The van der Waals surface area contributed by atoms with Crippen molar-refractivity contribution < 1.29 is 4.39 Å². The number of hydrogen-bond acceptors (Lipinski definition) is 2. The van der Waals surface area contributed by atoms with E-state index in [2.05, 4.69) is 35.6 Å². The number of imidazole rings is 1. The van der Waals surface area contributed by atoms with Crippen LogP contribution in [0.1, 0.15) is 39.3 Å². The van der Waals surface area contributed by atoms with Crippen LogP contribution in [0.4, 0.5) is 4.39 Å². The molecule has 0 radical (unpaired) electrons. The Bertz CT molecular complexity index is 558. The number of aromatic nitrogens is 2. The van der Waals surface area contributed by atoms with Crippen molar-refractivity contribution >= 4 is 0 Å². The molecule has 0 bridgehead atoms. The van der Waals surface area contributed by atoms with Crippen LogP contribution in [-0.4, -0.2) is 15.6 Å². The molecule has 0 spiro atoms. The number of halogens is 1. The van der Waals surface area contributed by atoms with E-state index in [1.54, 1.807) is 12.3 Å². The largest absolute Gasteiger partial charge is 0.336 e. The van der Waals surface area contributed by atoms with Gasteiger partial charge in [0.25, 0.3) is 0 Å². The first-order valence-electron chi connectivity index (χ1n) is 7.34. The summed E-state index contributed by atoms with van der Waals surface area (Å²) in [6.45, 7) is 9.38. The van der Waals surface area contributed by atoms with Gasteiger partial charge >= 0.3 is 0 Å². The topological polar surface area (TPSA) is 29.9 Å². The third-order valence-electron chi connectivity index (χ3n) is 3.82. The average Bonchev–Trinajstić information content (AvgIpc) is 2.90. The van der Waals surface area contributed by atoms with E-state index in [1.807, 2.05) is 31.6 Å². The van der Waals surface area contributed by atoms with Gasteiger partial charge in [-0.2, -0.15) is 0 Å². The van der Waals surface area contributed by atoms with Gasteiger partial charge in [0.2, 0.25) is 0 Å². The lowest BCUT2D eigenvalue weighted by atomic mass is 9.85. The summed E-state index contributed by atoms with van der Waals surface area (Å²) in [5.74, 6) is -0.159. The summed E-state index contributed by atoms with van der Waals surface area (Å²) in [7, 11) is 0. The summed E-state index contributed by atoms with van der Waals surface area (Å²) in [6, 6.07) is 7.11. The Morgan fingerprint density at radius 1 is 1.29 bits per heavy atom. The van der Waals surface area contributed by atoms with E-state index in [4.69, 9.17) is 0 Å². The van der Waals surface area contributed by atoms with Crippen LogP contribution >= 0.6 is 0 Å². The minimum atomic E-state index is -0.159. The van der Waals surface area contributed by atoms with Crippen LogP contribution < -0.4 is 5.32 Å². The number of benzene rings is 1. The molecule has 1 aromatic carbocycles. The van der Waals surface area contributed by atoms with E-state index in [0.717, 1.165) is 6.54 Å². The van der Waals surface area contributed by atoms with Crippen LogP contribution in [0.2, 0.25) is 0 Å². The zero-order valence-corrected chi connectivity index (χ0v) is 13.2. The molecule has 2 rings (SSSR count). The lowest BCUT2D eigenvalue weighted by Gasteiger charge is -2.34. The van der Waals surface area contributed by atoms with Crippen LogP contribution in [0.3, 0.4) is 0 Å². The standard InChI is InChI=1S/C17H24FN3/c1-13(14-7-5-6-8-15(14)18)20-16(17(2,3)4)11-21-10-9-19-12-21/h5-10,12-13,16,20H,11H2,1-4H3. The smallest absolute Gasteiger partial charge is 0.127 e. The van der Waals surface area contributed by atoms with Crippen LogP contribution in [0.15, 0.2) is 43.0 Å². The molecule has 114 valence electrons. The molecule has 2 aromatic rings. The van der Waals surface area contributed by atoms with Crippen molar-refractivity contribution in [3.8, 4) is 0 Å². The van der Waals surface area contributed by atoms with Gasteiger partial charge in [0.15, 0.2) is 0 Å². The third-order valence-corrected chi connectivity index (χ3v) is 3.82. The highest BCUT2D eigenvalue weighted by Gasteiger charge is 2.27. The van der Waals surface area contributed by atoms with Gasteiger partial charge in [0.05, 0.1) is 6.33 Å². The SMILES string of the molecule is CC(NC(Cn1ccnc1)C(C)(C)C)c1ccccc1F. The van der Waals surface area contributed by atoms with Crippen LogP contribution in [0.25, 0.3) is 0 Å². The van der Waals surface area contributed by atoms with E-state index in [9.17, 15) is 4.39 Å². The summed E-state index contributed by atoms with van der Waals surface area (Å²) in [5, 5.41) is 3.56. The predicted molar refractivity (Wildman–Crippen MR) is 83.4 cm³/mol. The van der Waals surface area contributed by atoms with Gasteiger partial charge in [0, 0.05) is 36.6 Å². The first kappa shape index (κ1) is 15.7. The maximum atomic E-state index is 13.9. The van der Waals surface area contributed by atoms with E-state index in [0.29, 0.717) is 5.56 Å². The third kappa shape index (κ3) is 4.14. The maximum absolute atomic E-state index is 13.9. The Morgan fingerprint density at radius 2 is 2.00 bits per heavy atom. The Labute approximate surface area is 126 Å². The average molecular weight is 289 g/mol. The van der Waals surface area contributed by atoms with Gasteiger partial charge in [0.1, 0.15) is 5.82 Å². The van der Waals surface area contributed by atoms with Gasteiger partial charge in [-0.1, -0.05) is 39.0 Å². The second-order valence-electron chi connectivity index (χ2n) is 6.59. The first-order chi connectivity index (χ1) is 9.88. The Hall–Kier alpha value is -1.68. The second-order valence-corrected chi connectivity index (χ2v) is 6.59. The molecule has 2 atom stereocenters. The van der Waals surface area contributed by atoms with Crippen molar-refractivity contribution in [2.75, 3.05) is 0 Å².